The summed E-state index contributed by atoms with van der Waals surface area (Å²) >= 11 is 0. The second kappa shape index (κ2) is 5.83. The maximum atomic E-state index is 12.3. The van der Waals surface area contributed by atoms with Gasteiger partial charge in [-0.05, 0) is 6.07 Å². The van der Waals surface area contributed by atoms with E-state index in [1.807, 2.05) is 0 Å². The zero-order chi connectivity index (χ0) is 13.8. The van der Waals surface area contributed by atoms with Crippen LogP contribution in [0.15, 0.2) is 12.3 Å². The molecule has 1 aromatic heterocycles. The van der Waals surface area contributed by atoms with E-state index in [2.05, 4.69) is 9.84 Å². The van der Waals surface area contributed by atoms with Gasteiger partial charge in [0.15, 0.2) is 0 Å². The molecule has 7 nitrogen and oxygen atoms in total. The van der Waals surface area contributed by atoms with Crippen molar-refractivity contribution in [2.75, 3.05) is 26.8 Å². The van der Waals surface area contributed by atoms with Crippen LogP contribution in [0.2, 0.25) is 0 Å². The molecule has 0 N–H and O–H groups in total. The molecule has 2 rings (SSSR count). The Hall–Kier alpha value is -1.89. The van der Waals surface area contributed by atoms with E-state index in [9.17, 15) is 9.59 Å². The van der Waals surface area contributed by atoms with Crippen LogP contribution in [0, 0.1) is 0 Å². The normalized spacial score (nSPS) is 19.3. The number of methoxy groups -OCH3 is 1. The van der Waals surface area contributed by atoms with Crippen LogP contribution in [0.1, 0.15) is 16.9 Å². The minimum atomic E-state index is -0.333. The highest BCUT2D eigenvalue weighted by Crippen LogP contribution is 2.12. The Morgan fingerprint density at radius 3 is 3.00 bits per heavy atom. The third-order valence-electron chi connectivity index (χ3n) is 3.09. The van der Waals surface area contributed by atoms with Crippen molar-refractivity contribution in [2.45, 2.75) is 12.5 Å². The number of carbonyl (C=O) groups is 2. The van der Waals surface area contributed by atoms with Gasteiger partial charge in [-0.25, -0.2) is 0 Å². The Labute approximate surface area is 111 Å². The van der Waals surface area contributed by atoms with E-state index in [0.717, 1.165) is 0 Å². The van der Waals surface area contributed by atoms with E-state index in [1.165, 1.54) is 11.8 Å². The maximum Gasteiger partial charge on any atom is 0.308 e. The van der Waals surface area contributed by atoms with Crippen molar-refractivity contribution in [1.82, 2.24) is 14.7 Å². The average Bonchev–Trinajstić information content (AvgIpc) is 2.84. The molecular formula is C12H17N3O4. The van der Waals surface area contributed by atoms with E-state index >= 15 is 0 Å². The largest absolute Gasteiger partial charge is 0.469 e. The predicted octanol–water partition coefficient (Wildman–Crippen LogP) is -0.176. The molecule has 1 aliphatic heterocycles. The molecule has 1 amide bonds. The first-order valence-corrected chi connectivity index (χ1v) is 6.07. The fraction of sp³-hybridized carbons (Fsp3) is 0.583. The number of rotatable bonds is 3. The molecule has 0 bridgehead atoms. The van der Waals surface area contributed by atoms with Gasteiger partial charge in [-0.15, -0.1) is 0 Å². The van der Waals surface area contributed by atoms with Gasteiger partial charge in [-0.2, -0.15) is 5.10 Å². The van der Waals surface area contributed by atoms with E-state index in [1.54, 1.807) is 24.2 Å². The van der Waals surface area contributed by atoms with Gasteiger partial charge in [0.25, 0.3) is 5.91 Å². The molecule has 2 heterocycles. The molecule has 1 aromatic rings. The first-order chi connectivity index (χ1) is 9.11. The Balaban J connectivity index is 1.99. The number of hydrogen-bond acceptors (Lipinski definition) is 5. The average molecular weight is 267 g/mol. The van der Waals surface area contributed by atoms with E-state index in [0.29, 0.717) is 25.4 Å². The van der Waals surface area contributed by atoms with Crippen molar-refractivity contribution >= 4 is 11.9 Å². The number of aromatic nitrogens is 2. The number of ether oxygens (including phenoxy) is 2. The van der Waals surface area contributed by atoms with Crippen LogP contribution in [0.5, 0.6) is 0 Å². The second-order valence-corrected chi connectivity index (χ2v) is 4.36. The summed E-state index contributed by atoms with van der Waals surface area (Å²) in [5.41, 5.74) is 0.527. The smallest absolute Gasteiger partial charge is 0.308 e. The summed E-state index contributed by atoms with van der Waals surface area (Å²) in [6.07, 6.45) is 1.43. The van der Waals surface area contributed by atoms with Crippen LogP contribution >= 0.6 is 0 Å². The zero-order valence-corrected chi connectivity index (χ0v) is 11.0. The molecule has 1 fully saturated rings. The van der Waals surface area contributed by atoms with Crippen molar-refractivity contribution < 1.29 is 19.1 Å². The Bertz CT molecular complexity index is 471. The molecule has 1 unspecified atom stereocenters. The lowest BCUT2D eigenvalue weighted by atomic mass is 10.2. The lowest BCUT2D eigenvalue weighted by Gasteiger charge is -2.32. The highest BCUT2D eigenvalue weighted by atomic mass is 16.5. The molecule has 19 heavy (non-hydrogen) atoms. The molecule has 1 aliphatic rings. The number of morpholine rings is 1. The first kappa shape index (κ1) is 13.5. The predicted molar refractivity (Wildman–Crippen MR) is 65.5 cm³/mol. The Kier molecular flexibility index (Phi) is 4.16. The van der Waals surface area contributed by atoms with Crippen LogP contribution in [-0.2, 0) is 21.3 Å². The van der Waals surface area contributed by atoms with Gasteiger partial charge < -0.3 is 14.4 Å². The summed E-state index contributed by atoms with van der Waals surface area (Å²) in [7, 11) is 3.06. The molecule has 0 spiro atoms. The van der Waals surface area contributed by atoms with Crippen LogP contribution in [0.3, 0.4) is 0 Å². The number of aryl methyl sites for hydroxylation is 1. The number of esters is 1. The van der Waals surface area contributed by atoms with Gasteiger partial charge in [0.1, 0.15) is 5.69 Å². The molecule has 1 atom stereocenters. The highest BCUT2D eigenvalue weighted by molar-refractivity contribution is 5.92. The molecule has 7 heteroatoms. The summed E-state index contributed by atoms with van der Waals surface area (Å²) in [5, 5.41) is 3.98. The van der Waals surface area contributed by atoms with Crippen molar-refractivity contribution in [1.29, 1.82) is 0 Å². The number of carbonyl (C=O) groups excluding carboxylic acids is 2. The fourth-order valence-electron chi connectivity index (χ4n) is 2.04. The SMILES string of the molecule is COC(=O)CC1CN(C(=O)c2ccnn2C)CCO1. The second-order valence-electron chi connectivity index (χ2n) is 4.36. The van der Waals surface area contributed by atoms with Crippen LogP contribution in [0.25, 0.3) is 0 Å². The fourth-order valence-corrected chi connectivity index (χ4v) is 2.04. The number of nitrogens with zero attached hydrogens (tertiary/aromatic N) is 3. The molecular weight excluding hydrogens is 250 g/mol. The minimum absolute atomic E-state index is 0.0989. The maximum absolute atomic E-state index is 12.3. The summed E-state index contributed by atoms with van der Waals surface area (Å²) in [4.78, 5) is 25.2. The van der Waals surface area contributed by atoms with Gasteiger partial charge >= 0.3 is 5.97 Å². The van der Waals surface area contributed by atoms with Gasteiger partial charge in [-0.1, -0.05) is 0 Å². The molecule has 1 saturated heterocycles. The quantitative estimate of drug-likeness (QED) is 0.711. The van der Waals surface area contributed by atoms with Gasteiger partial charge in [-0.3, -0.25) is 14.3 Å². The summed E-state index contributed by atoms with van der Waals surface area (Å²) in [6, 6.07) is 1.67. The van der Waals surface area contributed by atoms with E-state index in [4.69, 9.17) is 4.74 Å². The van der Waals surface area contributed by atoms with Crippen LogP contribution in [-0.4, -0.2) is 59.5 Å². The first-order valence-electron chi connectivity index (χ1n) is 6.07. The molecule has 0 aromatic carbocycles. The standard InChI is InChI=1S/C12H17N3O4/c1-14-10(3-4-13-14)12(17)15-5-6-19-9(8-15)7-11(16)18-2/h3-4,9H,5-8H2,1-2H3. The van der Waals surface area contributed by atoms with Crippen LogP contribution in [0.4, 0.5) is 0 Å². The van der Waals surface area contributed by atoms with Crippen molar-refractivity contribution in [3.05, 3.63) is 18.0 Å². The third kappa shape index (κ3) is 3.11. The van der Waals surface area contributed by atoms with E-state index < -0.39 is 0 Å². The number of amides is 1. The monoisotopic (exact) mass is 267 g/mol. The van der Waals surface area contributed by atoms with Gasteiger partial charge in [0, 0.05) is 26.3 Å². The lowest BCUT2D eigenvalue weighted by molar-refractivity contribution is -0.145. The molecule has 0 aliphatic carbocycles. The lowest BCUT2D eigenvalue weighted by Crippen LogP contribution is -2.46. The Morgan fingerprint density at radius 2 is 2.37 bits per heavy atom. The van der Waals surface area contributed by atoms with Gasteiger partial charge in [0.2, 0.25) is 0 Å². The molecule has 0 saturated carbocycles. The molecule has 104 valence electrons. The minimum Gasteiger partial charge on any atom is -0.469 e. The van der Waals surface area contributed by atoms with Gasteiger partial charge in [0.05, 0.1) is 26.2 Å². The molecule has 0 radical (unpaired) electrons. The summed E-state index contributed by atoms with van der Waals surface area (Å²) in [5.74, 6) is -0.432. The third-order valence-corrected chi connectivity index (χ3v) is 3.09. The topological polar surface area (TPSA) is 73.7 Å². The summed E-state index contributed by atoms with van der Waals surface area (Å²) in [6.45, 7) is 1.33. The van der Waals surface area contributed by atoms with Crippen molar-refractivity contribution in [3.8, 4) is 0 Å². The Morgan fingerprint density at radius 1 is 1.58 bits per heavy atom. The highest BCUT2D eigenvalue weighted by Gasteiger charge is 2.27. The van der Waals surface area contributed by atoms with Crippen molar-refractivity contribution in [3.63, 3.8) is 0 Å². The van der Waals surface area contributed by atoms with Crippen molar-refractivity contribution in [2.24, 2.45) is 7.05 Å². The van der Waals surface area contributed by atoms with E-state index in [-0.39, 0.29) is 24.4 Å². The number of hydrogen-bond donors (Lipinski definition) is 0. The zero-order valence-electron chi connectivity index (χ0n) is 11.0. The van der Waals surface area contributed by atoms with Crippen LogP contribution < -0.4 is 0 Å². The summed E-state index contributed by atoms with van der Waals surface area (Å²) < 4.78 is 11.6.